The summed E-state index contributed by atoms with van der Waals surface area (Å²) < 4.78 is 14.1. The molecule has 0 aliphatic heterocycles. The predicted molar refractivity (Wildman–Crippen MR) is 108 cm³/mol. The number of fused-ring (bicyclic) bond motifs is 3. The number of nitriles is 1. The van der Waals surface area contributed by atoms with E-state index in [-0.39, 0.29) is 11.4 Å². The van der Waals surface area contributed by atoms with Crippen molar-refractivity contribution in [2.24, 2.45) is 29.6 Å². The van der Waals surface area contributed by atoms with E-state index >= 15 is 0 Å². The summed E-state index contributed by atoms with van der Waals surface area (Å²) in [6.45, 7) is 2.31. The first kappa shape index (κ1) is 19.0. The van der Waals surface area contributed by atoms with Crippen LogP contribution >= 0.6 is 0 Å². The lowest BCUT2D eigenvalue weighted by Gasteiger charge is -2.51. The van der Waals surface area contributed by atoms with Crippen LogP contribution in [0.15, 0.2) is 18.2 Å². The maximum absolute atomic E-state index is 14.1. The Labute approximate surface area is 164 Å². The van der Waals surface area contributed by atoms with Crippen LogP contribution in [-0.4, -0.2) is 0 Å². The number of halogens is 1. The largest absolute Gasteiger partial charge is 0.206 e. The van der Waals surface area contributed by atoms with Crippen molar-refractivity contribution in [2.45, 2.75) is 83.5 Å². The van der Waals surface area contributed by atoms with E-state index in [1.54, 1.807) is 12.1 Å². The van der Waals surface area contributed by atoms with E-state index in [4.69, 9.17) is 5.26 Å². The normalized spacial score (nSPS) is 35.7. The molecule has 3 saturated carbocycles. The monoisotopic (exact) mass is 367 g/mol. The number of rotatable bonds is 4. The third kappa shape index (κ3) is 3.94. The SMILES string of the molecule is CCCC[C@@H]1CC[C@H]2[C@@H](CC[C@@H]3CC(c4ccc(C#N)c(F)c4)CC[C@H]32)C1. The van der Waals surface area contributed by atoms with Crippen molar-refractivity contribution in [3.8, 4) is 6.07 Å². The first-order valence-corrected chi connectivity index (χ1v) is 11.4. The van der Waals surface area contributed by atoms with Crippen LogP contribution in [0, 0.1) is 46.7 Å². The third-order valence-electron chi connectivity index (χ3n) is 8.20. The summed E-state index contributed by atoms with van der Waals surface area (Å²) in [5, 5.41) is 8.96. The average molecular weight is 368 g/mol. The zero-order valence-corrected chi connectivity index (χ0v) is 16.8. The van der Waals surface area contributed by atoms with Gasteiger partial charge < -0.3 is 0 Å². The van der Waals surface area contributed by atoms with Gasteiger partial charge in [0, 0.05) is 0 Å². The van der Waals surface area contributed by atoms with Crippen LogP contribution in [0.2, 0.25) is 0 Å². The summed E-state index contributed by atoms with van der Waals surface area (Å²) in [5.74, 6) is 4.88. The maximum atomic E-state index is 14.1. The molecule has 3 aliphatic rings. The summed E-state index contributed by atoms with van der Waals surface area (Å²) in [4.78, 5) is 0. The second-order valence-electron chi connectivity index (χ2n) is 9.61. The van der Waals surface area contributed by atoms with Gasteiger partial charge in [-0.3, -0.25) is 0 Å². The standard InChI is InChI=1S/C25H34FN/c1-2-3-4-17-5-11-23-20(13-17)7-8-21-14-18(10-12-24(21)23)19-6-9-22(16-27)25(26)15-19/h6,9,15,17-18,20-21,23-24H,2-5,7-8,10-14H2,1H3/t17-,18?,20+,21-,23+,24-/m1/s1. The topological polar surface area (TPSA) is 23.8 Å². The fourth-order valence-corrected chi connectivity index (χ4v) is 6.83. The van der Waals surface area contributed by atoms with Gasteiger partial charge in [0.15, 0.2) is 0 Å². The Morgan fingerprint density at radius 1 is 1.00 bits per heavy atom. The highest BCUT2D eigenvalue weighted by Crippen LogP contribution is 2.55. The summed E-state index contributed by atoms with van der Waals surface area (Å²) in [6, 6.07) is 7.25. The van der Waals surface area contributed by atoms with Gasteiger partial charge in [-0.05, 0) is 98.1 Å². The highest BCUT2D eigenvalue weighted by molar-refractivity contribution is 5.35. The minimum atomic E-state index is -0.341. The Morgan fingerprint density at radius 3 is 2.44 bits per heavy atom. The van der Waals surface area contributed by atoms with E-state index in [9.17, 15) is 4.39 Å². The molecule has 1 unspecified atom stereocenters. The van der Waals surface area contributed by atoms with Crippen LogP contribution in [0.1, 0.15) is 94.6 Å². The molecule has 0 radical (unpaired) electrons. The molecule has 1 nitrogen and oxygen atoms in total. The fraction of sp³-hybridized carbons (Fsp3) is 0.720. The van der Waals surface area contributed by atoms with Crippen LogP contribution in [0.5, 0.6) is 0 Å². The Morgan fingerprint density at radius 2 is 1.74 bits per heavy atom. The highest BCUT2D eigenvalue weighted by atomic mass is 19.1. The van der Waals surface area contributed by atoms with Crippen molar-refractivity contribution in [3.63, 3.8) is 0 Å². The van der Waals surface area contributed by atoms with Gasteiger partial charge in [0.05, 0.1) is 5.56 Å². The van der Waals surface area contributed by atoms with E-state index in [0.29, 0.717) is 5.92 Å². The Bertz CT molecular complexity index is 690. The summed E-state index contributed by atoms with van der Waals surface area (Å²) >= 11 is 0. The number of hydrogen-bond acceptors (Lipinski definition) is 1. The number of unbranched alkanes of at least 4 members (excludes halogenated alkanes) is 1. The molecule has 2 heteroatoms. The van der Waals surface area contributed by atoms with Crippen LogP contribution in [0.4, 0.5) is 4.39 Å². The molecular weight excluding hydrogens is 333 g/mol. The van der Waals surface area contributed by atoms with Gasteiger partial charge in [0.25, 0.3) is 0 Å². The molecule has 6 atom stereocenters. The van der Waals surface area contributed by atoms with Crippen molar-refractivity contribution in [2.75, 3.05) is 0 Å². The van der Waals surface area contributed by atoms with Gasteiger partial charge in [-0.2, -0.15) is 5.26 Å². The lowest BCUT2D eigenvalue weighted by atomic mass is 9.55. The quantitative estimate of drug-likeness (QED) is 0.551. The molecule has 146 valence electrons. The average Bonchev–Trinajstić information content (AvgIpc) is 2.71. The van der Waals surface area contributed by atoms with Crippen LogP contribution in [0.3, 0.4) is 0 Å². The molecule has 0 bridgehead atoms. The zero-order valence-electron chi connectivity index (χ0n) is 16.8. The molecule has 27 heavy (non-hydrogen) atoms. The van der Waals surface area contributed by atoms with Gasteiger partial charge in [-0.15, -0.1) is 0 Å². The molecule has 1 aromatic rings. The predicted octanol–water partition coefficient (Wildman–Crippen LogP) is 7.21. The molecule has 0 heterocycles. The van der Waals surface area contributed by atoms with Gasteiger partial charge >= 0.3 is 0 Å². The highest BCUT2D eigenvalue weighted by Gasteiger charge is 2.44. The van der Waals surface area contributed by atoms with E-state index in [2.05, 4.69) is 6.92 Å². The molecule has 3 aliphatic carbocycles. The molecular formula is C25H34FN. The second kappa shape index (κ2) is 8.34. The van der Waals surface area contributed by atoms with Crippen LogP contribution in [-0.2, 0) is 0 Å². The molecule has 0 saturated heterocycles. The number of nitrogens with zero attached hydrogens (tertiary/aromatic N) is 1. The van der Waals surface area contributed by atoms with Crippen LogP contribution in [0.25, 0.3) is 0 Å². The molecule has 0 aromatic heterocycles. The van der Waals surface area contributed by atoms with Crippen molar-refractivity contribution < 1.29 is 4.39 Å². The molecule has 0 amide bonds. The number of hydrogen-bond donors (Lipinski definition) is 0. The lowest BCUT2D eigenvalue weighted by molar-refractivity contribution is 0.00522. The van der Waals surface area contributed by atoms with E-state index < -0.39 is 0 Å². The molecule has 4 rings (SSSR count). The zero-order chi connectivity index (χ0) is 18.8. The summed E-state index contributed by atoms with van der Waals surface area (Å²) in [5.41, 5.74) is 1.29. The third-order valence-corrected chi connectivity index (χ3v) is 8.20. The molecule has 0 N–H and O–H groups in total. The van der Waals surface area contributed by atoms with Gasteiger partial charge in [-0.25, -0.2) is 4.39 Å². The molecule has 1 aromatic carbocycles. The second-order valence-corrected chi connectivity index (χ2v) is 9.61. The van der Waals surface area contributed by atoms with Crippen LogP contribution < -0.4 is 0 Å². The first-order chi connectivity index (χ1) is 13.2. The summed E-state index contributed by atoms with van der Waals surface area (Å²) in [6.07, 6.45) is 15.2. The summed E-state index contributed by atoms with van der Waals surface area (Å²) in [7, 11) is 0. The smallest absolute Gasteiger partial charge is 0.141 e. The fourth-order valence-electron chi connectivity index (χ4n) is 6.83. The van der Waals surface area contributed by atoms with Crippen molar-refractivity contribution in [3.05, 3.63) is 35.1 Å². The Balaban J connectivity index is 1.39. The molecule has 0 spiro atoms. The minimum Gasteiger partial charge on any atom is -0.206 e. The molecule has 3 fully saturated rings. The van der Waals surface area contributed by atoms with Crippen molar-refractivity contribution in [1.29, 1.82) is 5.26 Å². The van der Waals surface area contributed by atoms with Gasteiger partial charge in [0.1, 0.15) is 11.9 Å². The Kier molecular flexibility index (Phi) is 5.86. The number of benzene rings is 1. The first-order valence-electron chi connectivity index (χ1n) is 11.4. The maximum Gasteiger partial charge on any atom is 0.141 e. The van der Waals surface area contributed by atoms with E-state index in [1.807, 2.05) is 12.1 Å². The Hall–Kier alpha value is -1.36. The van der Waals surface area contributed by atoms with Gasteiger partial charge in [0.2, 0.25) is 0 Å². The van der Waals surface area contributed by atoms with Gasteiger partial charge in [-0.1, -0.05) is 38.7 Å². The van der Waals surface area contributed by atoms with Crippen molar-refractivity contribution in [1.82, 2.24) is 0 Å². The minimum absolute atomic E-state index is 0.174. The van der Waals surface area contributed by atoms with E-state index in [0.717, 1.165) is 35.2 Å². The lowest BCUT2D eigenvalue weighted by Crippen LogP contribution is -2.41. The van der Waals surface area contributed by atoms with Crippen molar-refractivity contribution >= 4 is 0 Å². The van der Waals surface area contributed by atoms with E-state index in [1.165, 1.54) is 70.6 Å².